The van der Waals surface area contributed by atoms with Crippen molar-refractivity contribution in [3.63, 3.8) is 0 Å². The van der Waals surface area contributed by atoms with Crippen LogP contribution in [0.15, 0.2) is 18.2 Å². The number of halogens is 2. The molecule has 1 rings (SSSR count). The molecule has 0 aliphatic rings. The van der Waals surface area contributed by atoms with Crippen LogP contribution in [0, 0.1) is 0 Å². The van der Waals surface area contributed by atoms with E-state index in [1.54, 1.807) is 18.2 Å². The highest BCUT2D eigenvalue weighted by Gasteiger charge is 2.12. The van der Waals surface area contributed by atoms with Crippen LogP contribution in [0.1, 0.15) is 24.4 Å². The molecule has 3 nitrogen and oxygen atoms in total. The van der Waals surface area contributed by atoms with Crippen molar-refractivity contribution < 1.29 is 10.2 Å². The lowest BCUT2D eigenvalue weighted by molar-refractivity contribution is 0.279. The van der Waals surface area contributed by atoms with Gasteiger partial charge in [0.15, 0.2) is 0 Å². The van der Waals surface area contributed by atoms with Crippen molar-refractivity contribution in [2.45, 2.75) is 18.9 Å². The Balaban J connectivity index is 0.00000196. The summed E-state index contributed by atoms with van der Waals surface area (Å²) in [6, 6.07) is 4.82. The lowest BCUT2D eigenvalue weighted by Crippen LogP contribution is -2.11. The molecule has 0 spiro atoms. The van der Waals surface area contributed by atoms with Crippen molar-refractivity contribution in [1.82, 2.24) is 0 Å². The van der Waals surface area contributed by atoms with Crippen LogP contribution in [0.3, 0.4) is 0 Å². The minimum atomic E-state index is -0.277. The SMILES string of the molecule is Cl.N[C@H](CCCO)c1cccc(Cl)c1O. The van der Waals surface area contributed by atoms with E-state index in [1.165, 1.54) is 0 Å². The van der Waals surface area contributed by atoms with E-state index in [-0.39, 0.29) is 30.8 Å². The molecule has 86 valence electrons. The van der Waals surface area contributed by atoms with Crippen LogP contribution in [0.5, 0.6) is 5.75 Å². The van der Waals surface area contributed by atoms with Gasteiger partial charge in [0.05, 0.1) is 5.02 Å². The van der Waals surface area contributed by atoms with E-state index >= 15 is 0 Å². The Morgan fingerprint density at radius 2 is 2.07 bits per heavy atom. The van der Waals surface area contributed by atoms with Gasteiger partial charge in [0.1, 0.15) is 5.75 Å². The molecule has 0 amide bonds. The van der Waals surface area contributed by atoms with Crippen molar-refractivity contribution in [1.29, 1.82) is 0 Å². The first kappa shape index (κ1) is 14.5. The molecule has 0 aromatic heterocycles. The maximum atomic E-state index is 9.59. The van der Waals surface area contributed by atoms with Gasteiger partial charge in [-0.25, -0.2) is 0 Å². The molecule has 5 heteroatoms. The van der Waals surface area contributed by atoms with E-state index in [0.29, 0.717) is 23.4 Å². The van der Waals surface area contributed by atoms with Crippen LogP contribution >= 0.6 is 24.0 Å². The third kappa shape index (κ3) is 3.87. The molecule has 0 aliphatic heterocycles. The Morgan fingerprint density at radius 3 is 2.67 bits per heavy atom. The number of phenols is 1. The number of nitrogens with two attached hydrogens (primary N) is 1. The van der Waals surface area contributed by atoms with Crippen LogP contribution in [0.4, 0.5) is 0 Å². The molecule has 0 aliphatic carbocycles. The van der Waals surface area contributed by atoms with Gasteiger partial charge in [-0.2, -0.15) is 0 Å². The second-order valence-corrected chi connectivity index (χ2v) is 3.56. The number of hydrogen-bond acceptors (Lipinski definition) is 3. The zero-order chi connectivity index (χ0) is 10.6. The number of phenolic OH excluding ortho intramolecular Hbond substituents is 1. The predicted molar refractivity (Wildman–Crippen MR) is 63.6 cm³/mol. The first-order valence-electron chi connectivity index (χ1n) is 4.50. The molecule has 1 aromatic rings. The quantitative estimate of drug-likeness (QED) is 0.769. The summed E-state index contributed by atoms with van der Waals surface area (Å²) in [7, 11) is 0. The third-order valence-electron chi connectivity index (χ3n) is 2.09. The summed E-state index contributed by atoms with van der Waals surface area (Å²) < 4.78 is 0. The van der Waals surface area contributed by atoms with E-state index in [4.69, 9.17) is 22.4 Å². The molecule has 4 N–H and O–H groups in total. The molecule has 0 fully saturated rings. The summed E-state index contributed by atoms with van der Waals surface area (Å²) in [5, 5.41) is 18.5. The van der Waals surface area contributed by atoms with Crippen LogP contribution in [-0.4, -0.2) is 16.8 Å². The monoisotopic (exact) mass is 251 g/mol. The second-order valence-electron chi connectivity index (χ2n) is 3.15. The number of aliphatic hydroxyl groups is 1. The Labute approximate surface area is 100 Å². The zero-order valence-corrected chi connectivity index (χ0v) is 9.76. The Hall–Kier alpha value is -0.480. The van der Waals surface area contributed by atoms with Crippen molar-refractivity contribution >= 4 is 24.0 Å². The van der Waals surface area contributed by atoms with Crippen molar-refractivity contribution in [3.8, 4) is 5.75 Å². The van der Waals surface area contributed by atoms with Gasteiger partial charge in [0, 0.05) is 18.2 Å². The third-order valence-corrected chi connectivity index (χ3v) is 2.40. The number of benzene rings is 1. The van der Waals surface area contributed by atoms with Crippen molar-refractivity contribution in [3.05, 3.63) is 28.8 Å². The highest BCUT2D eigenvalue weighted by Crippen LogP contribution is 2.31. The number of hydrogen-bond donors (Lipinski definition) is 3. The first-order chi connectivity index (χ1) is 6.66. The Morgan fingerprint density at radius 1 is 1.40 bits per heavy atom. The molecule has 15 heavy (non-hydrogen) atoms. The van der Waals surface area contributed by atoms with Gasteiger partial charge in [-0.3, -0.25) is 0 Å². The fraction of sp³-hybridized carbons (Fsp3) is 0.400. The maximum absolute atomic E-state index is 9.59. The summed E-state index contributed by atoms with van der Waals surface area (Å²) >= 11 is 5.74. The lowest BCUT2D eigenvalue weighted by Gasteiger charge is -2.13. The fourth-order valence-electron chi connectivity index (χ4n) is 1.30. The minimum Gasteiger partial charge on any atom is -0.506 e. The van der Waals surface area contributed by atoms with Crippen molar-refractivity contribution in [2.75, 3.05) is 6.61 Å². The molecule has 0 heterocycles. The van der Waals surface area contributed by atoms with Gasteiger partial charge in [-0.05, 0) is 18.9 Å². The van der Waals surface area contributed by atoms with Crippen LogP contribution in [-0.2, 0) is 0 Å². The number of rotatable bonds is 4. The van der Waals surface area contributed by atoms with Gasteiger partial charge < -0.3 is 15.9 Å². The fourth-order valence-corrected chi connectivity index (χ4v) is 1.48. The van der Waals surface area contributed by atoms with E-state index in [0.717, 1.165) is 0 Å². The Bertz CT molecular complexity index is 307. The van der Waals surface area contributed by atoms with Crippen LogP contribution in [0.2, 0.25) is 5.02 Å². The van der Waals surface area contributed by atoms with Crippen LogP contribution < -0.4 is 5.73 Å². The summed E-state index contributed by atoms with van der Waals surface area (Å²) in [6.07, 6.45) is 1.25. The minimum absolute atomic E-state index is 0. The second kappa shape index (κ2) is 6.90. The zero-order valence-electron chi connectivity index (χ0n) is 8.19. The average Bonchev–Trinajstić information content (AvgIpc) is 2.18. The molecule has 0 saturated heterocycles. The molecule has 1 aromatic carbocycles. The standard InChI is InChI=1S/C10H14ClNO2.ClH/c11-8-4-1-3-7(10(8)14)9(12)5-2-6-13;/h1,3-4,9,13-14H,2,5-6,12H2;1H/t9-;/m1./s1. The molecular formula is C10H15Cl2NO2. The molecule has 0 saturated carbocycles. The van der Waals surface area contributed by atoms with Crippen molar-refractivity contribution in [2.24, 2.45) is 5.73 Å². The smallest absolute Gasteiger partial charge is 0.138 e. The number of aliphatic hydroxyl groups excluding tert-OH is 1. The highest BCUT2D eigenvalue weighted by atomic mass is 35.5. The molecule has 0 bridgehead atoms. The van der Waals surface area contributed by atoms with Gasteiger partial charge in [-0.15, -0.1) is 12.4 Å². The van der Waals surface area contributed by atoms with Gasteiger partial charge in [0.25, 0.3) is 0 Å². The molecule has 0 unspecified atom stereocenters. The topological polar surface area (TPSA) is 66.5 Å². The number of aromatic hydroxyl groups is 1. The van der Waals surface area contributed by atoms with E-state index in [2.05, 4.69) is 0 Å². The molecule has 0 radical (unpaired) electrons. The van der Waals surface area contributed by atoms with E-state index < -0.39 is 0 Å². The Kier molecular flexibility index (Phi) is 6.68. The maximum Gasteiger partial charge on any atom is 0.138 e. The van der Waals surface area contributed by atoms with Crippen LogP contribution in [0.25, 0.3) is 0 Å². The van der Waals surface area contributed by atoms with Gasteiger partial charge in [0.2, 0.25) is 0 Å². The summed E-state index contributed by atoms with van der Waals surface area (Å²) in [5.41, 5.74) is 6.45. The summed E-state index contributed by atoms with van der Waals surface area (Å²) in [6.45, 7) is 0.106. The molecular weight excluding hydrogens is 237 g/mol. The normalized spacial score (nSPS) is 11.9. The first-order valence-corrected chi connectivity index (χ1v) is 4.88. The molecule has 1 atom stereocenters. The summed E-state index contributed by atoms with van der Waals surface area (Å²) in [4.78, 5) is 0. The van der Waals surface area contributed by atoms with E-state index in [9.17, 15) is 5.11 Å². The highest BCUT2D eigenvalue weighted by molar-refractivity contribution is 6.32. The van der Waals surface area contributed by atoms with E-state index in [1.807, 2.05) is 0 Å². The van der Waals surface area contributed by atoms with Gasteiger partial charge in [-0.1, -0.05) is 23.7 Å². The van der Waals surface area contributed by atoms with Gasteiger partial charge >= 0.3 is 0 Å². The largest absolute Gasteiger partial charge is 0.506 e. The average molecular weight is 252 g/mol. The number of para-hydroxylation sites is 1. The summed E-state index contributed by atoms with van der Waals surface area (Å²) in [5.74, 6) is 0.0413. The predicted octanol–water partition coefficient (Wildman–Crippen LogP) is 2.24. The lowest BCUT2D eigenvalue weighted by atomic mass is 10.0.